The minimum Gasteiger partial charge on any atom is -0.341 e. The SMILES string of the molecule is CC(C)C(=O)N1CCCN(C2CNC2)CC1. The highest BCUT2D eigenvalue weighted by Gasteiger charge is 2.27. The Kier molecular flexibility index (Phi) is 3.82. The first-order chi connectivity index (χ1) is 7.68. The Morgan fingerprint density at radius 2 is 1.94 bits per heavy atom. The van der Waals surface area contributed by atoms with Crippen molar-refractivity contribution in [3.8, 4) is 0 Å². The van der Waals surface area contributed by atoms with Crippen molar-refractivity contribution in [2.24, 2.45) is 5.92 Å². The van der Waals surface area contributed by atoms with Gasteiger partial charge in [-0.1, -0.05) is 13.8 Å². The van der Waals surface area contributed by atoms with Crippen LogP contribution >= 0.6 is 0 Å². The molecule has 92 valence electrons. The Morgan fingerprint density at radius 3 is 2.50 bits per heavy atom. The zero-order valence-corrected chi connectivity index (χ0v) is 10.4. The van der Waals surface area contributed by atoms with Crippen LogP contribution < -0.4 is 5.32 Å². The van der Waals surface area contributed by atoms with Gasteiger partial charge < -0.3 is 10.2 Å². The van der Waals surface area contributed by atoms with E-state index in [9.17, 15) is 4.79 Å². The molecule has 1 N–H and O–H groups in total. The van der Waals surface area contributed by atoms with E-state index in [1.165, 1.54) is 0 Å². The summed E-state index contributed by atoms with van der Waals surface area (Å²) in [5.41, 5.74) is 0. The zero-order chi connectivity index (χ0) is 11.5. The van der Waals surface area contributed by atoms with E-state index in [2.05, 4.69) is 10.2 Å². The molecular formula is C12H23N3O. The summed E-state index contributed by atoms with van der Waals surface area (Å²) in [4.78, 5) is 16.5. The molecule has 0 radical (unpaired) electrons. The molecule has 0 atom stereocenters. The summed E-state index contributed by atoms with van der Waals surface area (Å²) >= 11 is 0. The van der Waals surface area contributed by atoms with Crippen LogP contribution in [0.15, 0.2) is 0 Å². The topological polar surface area (TPSA) is 35.6 Å². The summed E-state index contributed by atoms with van der Waals surface area (Å²) in [6.07, 6.45) is 1.12. The molecule has 4 nitrogen and oxygen atoms in total. The third kappa shape index (κ3) is 2.55. The fourth-order valence-corrected chi connectivity index (χ4v) is 2.42. The first-order valence-corrected chi connectivity index (χ1v) is 6.42. The molecule has 1 amide bonds. The van der Waals surface area contributed by atoms with E-state index in [4.69, 9.17) is 0 Å². The van der Waals surface area contributed by atoms with E-state index >= 15 is 0 Å². The normalized spacial score (nSPS) is 24.3. The summed E-state index contributed by atoms with van der Waals surface area (Å²) < 4.78 is 0. The molecular weight excluding hydrogens is 202 g/mol. The summed E-state index contributed by atoms with van der Waals surface area (Å²) in [6, 6.07) is 0.717. The third-order valence-corrected chi connectivity index (χ3v) is 3.61. The maximum atomic E-state index is 11.9. The molecule has 0 aliphatic carbocycles. The number of carbonyl (C=O) groups is 1. The third-order valence-electron chi connectivity index (χ3n) is 3.61. The van der Waals surface area contributed by atoms with Gasteiger partial charge in [-0.05, 0) is 6.42 Å². The molecule has 0 bridgehead atoms. The Balaban J connectivity index is 1.85. The number of rotatable bonds is 2. The van der Waals surface area contributed by atoms with Crippen LogP contribution in [0.25, 0.3) is 0 Å². The van der Waals surface area contributed by atoms with Crippen molar-refractivity contribution in [1.82, 2.24) is 15.1 Å². The summed E-state index contributed by atoms with van der Waals surface area (Å²) in [5.74, 6) is 0.450. The smallest absolute Gasteiger partial charge is 0.225 e. The highest BCUT2D eigenvalue weighted by atomic mass is 16.2. The molecule has 2 saturated heterocycles. The second kappa shape index (κ2) is 5.15. The minimum absolute atomic E-state index is 0.136. The minimum atomic E-state index is 0.136. The fourth-order valence-electron chi connectivity index (χ4n) is 2.42. The summed E-state index contributed by atoms with van der Waals surface area (Å²) in [6.45, 7) is 10.3. The van der Waals surface area contributed by atoms with Crippen LogP contribution in [0.4, 0.5) is 0 Å². The Bertz CT molecular complexity index is 251. The van der Waals surface area contributed by atoms with Gasteiger partial charge in [-0.3, -0.25) is 9.69 Å². The molecule has 4 heteroatoms. The molecule has 2 aliphatic heterocycles. The molecule has 16 heavy (non-hydrogen) atoms. The second-order valence-corrected chi connectivity index (χ2v) is 5.18. The first kappa shape index (κ1) is 11.9. The largest absolute Gasteiger partial charge is 0.341 e. The molecule has 2 rings (SSSR count). The van der Waals surface area contributed by atoms with Gasteiger partial charge in [-0.2, -0.15) is 0 Å². The van der Waals surface area contributed by atoms with Crippen LogP contribution in [0, 0.1) is 5.92 Å². The van der Waals surface area contributed by atoms with Gasteiger partial charge in [-0.15, -0.1) is 0 Å². The van der Waals surface area contributed by atoms with Crippen molar-refractivity contribution in [3.63, 3.8) is 0 Å². The van der Waals surface area contributed by atoms with Crippen molar-refractivity contribution in [1.29, 1.82) is 0 Å². The summed E-state index contributed by atoms with van der Waals surface area (Å²) in [7, 11) is 0. The van der Waals surface area contributed by atoms with Gasteiger partial charge in [-0.25, -0.2) is 0 Å². The number of amides is 1. The highest BCUT2D eigenvalue weighted by molar-refractivity contribution is 5.78. The lowest BCUT2D eigenvalue weighted by Gasteiger charge is -2.37. The van der Waals surface area contributed by atoms with Crippen LogP contribution in [0.2, 0.25) is 0 Å². The number of hydrogen-bond acceptors (Lipinski definition) is 3. The zero-order valence-electron chi connectivity index (χ0n) is 10.4. The quantitative estimate of drug-likeness (QED) is 0.726. The number of nitrogens with zero attached hydrogens (tertiary/aromatic N) is 2. The molecule has 0 spiro atoms. The standard InChI is InChI=1S/C12H23N3O/c1-10(2)12(16)15-5-3-4-14(6-7-15)11-8-13-9-11/h10-11,13H,3-9H2,1-2H3. The van der Waals surface area contributed by atoms with E-state index in [-0.39, 0.29) is 5.92 Å². The van der Waals surface area contributed by atoms with Crippen LogP contribution in [-0.4, -0.2) is 61.0 Å². The van der Waals surface area contributed by atoms with E-state index < -0.39 is 0 Å². The number of carbonyl (C=O) groups excluding carboxylic acids is 1. The van der Waals surface area contributed by atoms with Gasteiger partial charge in [0.2, 0.25) is 5.91 Å². The summed E-state index contributed by atoms with van der Waals surface area (Å²) in [5, 5.41) is 3.31. The molecule has 2 aliphatic rings. The van der Waals surface area contributed by atoms with Gasteiger partial charge >= 0.3 is 0 Å². The Labute approximate surface area is 98.0 Å². The van der Waals surface area contributed by atoms with Crippen molar-refractivity contribution in [3.05, 3.63) is 0 Å². The lowest BCUT2D eigenvalue weighted by molar-refractivity contribution is -0.134. The van der Waals surface area contributed by atoms with Gasteiger partial charge in [0, 0.05) is 51.2 Å². The van der Waals surface area contributed by atoms with Crippen molar-refractivity contribution in [2.45, 2.75) is 26.3 Å². The van der Waals surface area contributed by atoms with Gasteiger partial charge in [0.1, 0.15) is 0 Å². The average Bonchev–Trinajstić information content (AvgIpc) is 2.40. The van der Waals surface area contributed by atoms with Gasteiger partial charge in [0.05, 0.1) is 0 Å². The Hall–Kier alpha value is -0.610. The molecule has 0 aromatic rings. The second-order valence-electron chi connectivity index (χ2n) is 5.18. The maximum Gasteiger partial charge on any atom is 0.225 e. The predicted molar refractivity (Wildman–Crippen MR) is 64.3 cm³/mol. The van der Waals surface area contributed by atoms with E-state index in [1.807, 2.05) is 18.7 Å². The lowest BCUT2D eigenvalue weighted by atomic mass is 10.1. The van der Waals surface area contributed by atoms with Crippen molar-refractivity contribution < 1.29 is 4.79 Å². The molecule has 2 heterocycles. The molecule has 2 fully saturated rings. The molecule has 0 saturated carbocycles. The van der Waals surface area contributed by atoms with Crippen LogP contribution in [0.5, 0.6) is 0 Å². The Morgan fingerprint density at radius 1 is 1.19 bits per heavy atom. The van der Waals surface area contributed by atoms with Crippen LogP contribution in [0.1, 0.15) is 20.3 Å². The van der Waals surface area contributed by atoms with Gasteiger partial charge in [0.15, 0.2) is 0 Å². The maximum absolute atomic E-state index is 11.9. The van der Waals surface area contributed by atoms with Crippen LogP contribution in [-0.2, 0) is 4.79 Å². The molecule has 0 unspecified atom stereocenters. The molecule has 0 aromatic carbocycles. The molecule has 0 aromatic heterocycles. The van der Waals surface area contributed by atoms with Crippen molar-refractivity contribution in [2.75, 3.05) is 39.3 Å². The number of nitrogens with one attached hydrogen (secondary N) is 1. The predicted octanol–water partition coefficient (Wildman–Crippen LogP) is 0.149. The lowest BCUT2D eigenvalue weighted by Crippen LogP contribution is -2.57. The van der Waals surface area contributed by atoms with Crippen molar-refractivity contribution >= 4 is 5.91 Å². The highest BCUT2D eigenvalue weighted by Crippen LogP contribution is 2.12. The van der Waals surface area contributed by atoms with Crippen LogP contribution in [0.3, 0.4) is 0 Å². The van der Waals surface area contributed by atoms with Gasteiger partial charge in [0.25, 0.3) is 0 Å². The van der Waals surface area contributed by atoms with E-state index in [0.717, 1.165) is 45.7 Å². The first-order valence-electron chi connectivity index (χ1n) is 6.42. The average molecular weight is 225 g/mol. The van der Waals surface area contributed by atoms with E-state index in [0.29, 0.717) is 11.9 Å². The number of hydrogen-bond donors (Lipinski definition) is 1. The monoisotopic (exact) mass is 225 g/mol. The fraction of sp³-hybridized carbons (Fsp3) is 0.917. The van der Waals surface area contributed by atoms with E-state index in [1.54, 1.807) is 0 Å².